The van der Waals surface area contributed by atoms with Crippen molar-refractivity contribution in [3.8, 4) is 5.75 Å². The van der Waals surface area contributed by atoms with Crippen LogP contribution < -0.4 is 10.3 Å². The first-order valence-electron chi connectivity index (χ1n) is 8.44. The quantitative estimate of drug-likeness (QED) is 0.575. The van der Waals surface area contributed by atoms with Gasteiger partial charge in [-0.15, -0.1) is 0 Å². The molecular weight excluding hydrogens is 394 g/mol. The summed E-state index contributed by atoms with van der Waals surface area (Å²) in [4.78, 5) is 17.8. The Hall–Kier alpha value is -2.47. The molecule has 0 spiro atoms. The molecule has 1 atom stereocenters. The summed E-state index contributed by atoms with van der Waals surface area (Å²) in [6.45, 7) is 4.11. The minimum Gasteiger partial charge on any atom is -0.496 e. The lowest BCUT2D eigenvalue weighted by molar-refractivity contribution is 0.414. The van der Waals surface area contributed by atoms with Crippen molar-refractivity contribution < 1.29 is 4.74 Å². The van der Waals surface area contributed by atoms with Gasteiger partial charge in [-0.2, -0.15) is 9.78 Å². The van der Waals surface area contributed by atoms with Crippen LogP contribution in [-0.2, 0) is 0 Å². The van der Waals surface area contributed by atoms with Crippen molar-refractivity contribution in [3.63, 3.8) is 0 Å². The van der Waals surface area contributed by atoms with E-state index in [1.54, 1.807) is 19.4 Å². The molecule has 26 heavy (non-hydrogen) atoms. The van der Waals surface area contributed by atoms with E-state index in [1.165, 1.54) is 4.68 Å². The minimum atomic E-state index is -0.183. The van der Waals surface area contributed by atoms with E-state index in [-0.39, 0.29) is 11.5 Å². The molecule has 6 heteroatoms. The molecule has 2 aromatic carbocycles. The lowest BCUT2D eigenvalue weighted by atomic mass is 10.1. The van der Waals surface area contributed by atoms with Crippen molar-refractivity contribution in [3.05, 3.63) is 68.7 Å². The number of halogens is 1. The Balaban J connectivity index is 2.21. The summed E-state index contributed by atoms with van der Waals surface area (Å²) in [6.07, 6.45) is 2.50. The molecule has 134 valence electrons. The van der Waals surface area contributed by atoms with Crippen LogP contribution in [0, 0.1) is 0 Å². The summed E-state index contributed by atoms with van der Waals surface area (Å²) in [5.41, 5.74) is 1.29. The van der Waals surface area contributed by atoms with E-state index in [1.807, 2.05) is 43.3 Å². The number of para-hydroxylation sites is 1. The van der Waals surface area contributed by atoms with Crippen LogP contribution in [0.2, 0.25) is 0 Å². The fourth-order valence-corrected chi connectivity index (χ4v) is 3.03. The van der Waals surface area contributed by atoms with Crippen LogP contribution in [0.4, 0.5) is 0 Å². The normalized spacial score (nSPS) is 12.6. The lowest BCUT2D eigenvalue weighted by Gasteiger charge is -2.14. The van der Waals surface area contributed by atoms with E-state index >= 15 is 0 Å². The highest BCUT2D eigenvalue weighted by molar-refractivity contribution is 9.10. The predicted octanol–water partition coefficient (Wildman–Crippen LogP) is 4.56. The zero-order chi connectivity index (χ0) is 18.7. The molecule has 3 aromatic rings. The van der Waals surface area contributed by atoms with E-state index in [4.69, 9.17) is 9.72 Å². The number of hydrogen-bond acceptors (Lipinski definition) is 4. The topological polar surface area (TPSA) is 56.5 Å². The Morgan fingerprint density at radius 3 is 2.81 bits per heavy atom. The first-order valence-corrected chi connectivity index (χ1v) is 9.24. The van der Waals surface area contributed by atoms with E-state index < -0.39 is 0 Å². The van der Waals surface area contributed by atoms with Crippen molar-refractivity contribution in [2.75, 3.05) is 7.11 Å². The lowest BCUT2D eigenvalue weighted by Crippen LogP contribution is -2.23. The van der Waals surface area contributed by atoms with Crippen LogP contribution in [0.1, 0.15) is 37.6 Å². The van der Waals surface area contributed by atoms with Gasteiger partial charge in [-0.05, 0) is 36.8 Å². The molecular formula is C20H20BrN3O2. The zero-order valence-corrected chi connectivity index (χ0v) is 16.5. The van der Waals surface area contributed by atoms with Gasteiger partial charge >= 0.3 is 0 Å². The summed E-state index contributed by atoms with van der Waals surface area (Å²) >= 11 is 3.42. The number of rotatable bonds is 5. The largest absolute Gasteiger partial charge is 0.496 e. The number of hydrogen-bond donors (Lipinski definition) is 0. The molecule has 0 aliphatic carbocycles. The molecule has 0 saturated heterocycles. The van der Waals surface area contributed by atoms with Crippen molar-refractivity contribution in [1.29, 1.82) is 0 Å². The van der Waals surface area contributed by atoms with Crippen LogP contribution in [0.3, 0.4) is 0 Å². The van der Waals surface area contributed by atoms with Gasteiger partial charge in [-0.1, -0.05) is 41.9 Å². The third-order valence-corrected chi connectivity index (χ3v) is 4.83. The standard InChI is InChI=1S/C20H20BrN3O2/c1-4-13(2)19-23-17-10-9-15(21)11-16(17)20(25)24(19)22-12-14-7-5-6-8-18(14)26-3/h5-13H,4H2,1-3H3/t13-/m1/s1. The SMILES string of the molecule is CC[C@@H](C)c1nc2ccc(Br)cc2c(=O)n1N=Cc1ccccc1OC. The van der Waals surface area contributed by atoms with Crippen LogP contribution >= 0.6 is 15.9 Å². The van der Waals surface area contributed by atoms with Crippen molar-refractivity contribution >= 4 is 33.0 Å². The van der Waals surface area contributed by atoms with E-state index in [0.29, 0.717) is 22.5 Å². The molecule has 0 amide bonds. The molecule has 0 saturated carbocycles. The molecule has 0 bridgehead atoms. The number of nitrogens with zero attached hydrogens (tertiary/aromatic N) is 3. The number of benzene rings is 2. The Kier molecular flexibility index (Phi) is 5.52. The van der Waals surface area contributed by atoms with Crippen molar-refractivity contribution in [2.24, 2.45) is 5.10 Å². The Bertz CT molecular complexity index is 1030. The summed E-state index contributed by atoms with van der Waals surface area (Å²) in [7, 11) is 1.61. The van der Waals surface area contributed by atoms with Crippen LogP contribution in [0.15, 0.2) is 56.8 Å². The van der Waals surface area contributed by atoms with Crippen molar-refractivity contribution in [2.45, 2.75) is 26.2 Å². The van der Waals surface area contributed by atoms with Crippen LogP contribution in [-0.4, -0.2) is 23.0 Å². The van der Waals surface area contributed by atoms with Gasteiger partial charge in [-0.25, -0.2) is 4.98 Å². The van der Waals surface area contributed by atoms with Crippen LogP contribution in [0.25, 0.3) is 10.9 Å². The Morgan fingerprint density at radius 1 is 1.31 bits per heavy atom. The van der Waals surface area contributed by atoms with E-state index in [0.717, 1.165) is 16.5 Å². The third kappa shape index (κ3) is 3.55. The Morgan fingerprint density at radius 2 is 2.08 bits per heavy atom. The number of aromatic nitrogens is 2. The zero-order valence-electron chi connectivity index (χ0n) is 14.9. The second-order valence-corrected chi connectivity index (χ2v) is 6.96. The highest BCUT2D eigenvalue weighted by atomic mass is 79.9. The molecule has 1 aromatic heterocycles. The van der Waals surface area contributed by atoms with Gasteiger partial charge in [0.1, 0.15) is 11.6 Å². The number of methoxy groups -OCH3 is 1. The summed E-state index contributed by atoms with van der Waals surface area (Å²) < 4.78 is 7.58. The maximum absolute atomic E-state index is 13.1. The summed E-state index contributed by atoms with van der Waals surface area (Å²) in [5, 5.41) is 4.99. The van der Waals surface area contributed by atoms with Gasteiger partial charge in [0.25, 0.3) is 5.56 Å². The third-order valence-electron chi connectivity index (χ3n) is 4.34. The first-order chi connectivity index (χ1) is 12.5. The minimum absolute atomic E-state index is 0.102. The highest BCUT2D eigenvalue weighted by Gasteiger charge is 2.15. The molecule has 3 rings (SSSR count). The smallest absolute Gasteiger partial charge is 0.282 e. The van der Waals surface area contributed by atoms with Gasteiger partial charge in [-0.3, -0.25) is 4.79 Å². The molecule has 0 aliphatic heterocycles. The molecule has 5 nitrogen and oxygen atoms in total. The van der Waals surface area contributed by atoms with Gasteiger partial charge in [0.05, 0.1) is 24.2 Å². The molecule has 0 N–H and O–H groups in total. The average molecular weight is 414 g/mol. The van der Waals surface area contributed by atoms with Crippen LogP contribution in [0.5, 0.6) is 5.75 Å². The van der Waals surface area contributed by atoms with Crippen molar-refractivity contribution in [1.82, 2.24) is 9.66 Å². The fraction of sp³-hybridized carbons (Fsp3) is 0.250. The molecule has 0 aliphatic rings. The average Bonchev–Trinajstić information content (AvgIpc) is 2.67. The second-order valence-electron chi connectivity index (χ2n) is 6.04. The first kappa shape index (κ1) is 18.3. The van der Waals surface area contributed by atoms with Gasteiger partial charge in [0.2, 0.25) is 0 Å². The van der Waals surface area contributed by atoms with Gasteiger partial charge in [0.15, 0.2) is 0 Å². The summed E-state index contributed by atoms with van der Waals surface area (Å²) in [5.74, 6) is 1.45. The predicted molar refractivity (Wildman–Crippen MR) is 108 cm³/mol. The monoisotopic (exact) mass is 413 g/mol. The number of fused-ring (bicyclic) bond motifs is 1. The van der Waals surface area contributed by atoms with Gasteiger partial charge < -0.3 is 4.74 Å². The maximum atomic E-state index is 13.1. The molecule has 1 heterocycles. The summed E-state index contributed by atoms with van der Waals surface area (Å²) in [6, 6.07) is 13.1. The highest BCUT2D eigenvalue weighted by Crippen LogP contribution is 2.21. The van der Waals surface area contributed by atoms with E-state index in [2.05, 4.69) is 28.0 Å². The fourth-order valence-electron chi connectivity index (χ4n) is 2.67. The van der Waals surface area contributed by atoms with E-state index in [9.17, 15) is 4.79 Å². The molecule has 0 radical (unpaired) electrons. The van der Waals surface area contributed by atoms with Gasteiger partial charge in [0, 0.05) is 16.0 Å². The Labute approximate surface area is 160 Å². The molecule has 0 unspecified atom stereocenters. The maximum Gasteiger partial charge on any atom is 0.282 e. The second kappa shape index (κ2) is 7.83. The molecule has 0 fully saturated rings. The number of ether oxygens (including phenoxy) is 1.